The van der Waals surface area contributed by atoms with E-state index in [0.717, 1.165) is 5.56 Å². The zero-order chi connectivity index (χ0) is 15.1. The molecule has 0 aliphatic heterocycles. The van der Waals surface area contributed by atoms with Crippen molar-refractivity contribution < 1.29 is 9.72 Å². The fourth-order valence-electron chi connectivity index (χ4n) is 1.57. The SMILES string of the molecule is CC(C)C(C)NC(=O)CNCc1cccc([N+](=O)[O-])c1. The number of nitrogens with one attached hydrogen (secondary N) is 2. The largest absolute Gasteiger partial charge is 0.352 e. The minimum atomic E-state index is -0.430. The number of amides is 1. The Morgan fingerprint density at radius 2 is 2.05 bits per heavy atom. The van der Waals surface area contributed by atoms with Crippen molar-refractivity contribution in [3.63, 3.8) is 0 Å². The van der Waals surface area contributed by atoms with Gasteiger partial charge in [0.05, 0.1) is 11.5 Å². The molecule has 0 bridgehead atoms. The van der Waals surface area contributed by atoms with Crippen molar-refractivity contribution in [1.82, 2.24) is 10.6 Å². The second-order valence-corrected chi connectivity index (χ2v) is 5.13. The molecule has 1 atom stereocenters. The molecule has 1 aromatic rings. The molecule has 2 N–H and O–H groups in total. The van der Waals surface area contributed by atoms with Crippen molar-refractivity contribution >= 4 is 11.6 Å². The molecule has 6 nitrogen and oxygen atoms in total. The Bertz CT molecular complexity index is 474. The first kappa shape index (κ1) is 16.1. The number of rotatable bonds is 7. The summed E-state index contributed by atoms with van der Waals surface area (Å²) in [6, 6.07) is 6.49. The third kappa shape index (κ3) is 5.36. The van der Waals surface area contributed by atoms with E-state index >= 15 is 0 Å². The van der Waals surface area contributed by atoms with Crippen molar-refractivity contribution in [3.8, 4) is 0 Å². The van der Waals surface area contributed by atoms with E-state index < -0.39 is 4.92 Å². The van der Waals surface area contributed by atoms with E-state index in [0.29, 0.717) is 12.5 Å². The first-order valence-electron chi connectivity index (χ1n) is 6.63. The second-order valence-electron chi connectivity index (χ2n) is 5.13. The minimum Gasteiger partial charge on any atom is -0.352 e. The number of carbonyl (C=O) groups excluding carboxylic acids is 1. The van der Waals surface area contributed by atoms with Crippen LogP contribution in [0.5, 0.6) is 0 Å². The average Bonchev–Trinajstić information content (AvgIpc) is 2.38. The lowest BCUT2D eigenvalue weighted by Crippen LogP contribution is -2.41. The third-order valence-electron chi connectivity index (χ3n) is 3.12. The molecule has 0 spiro atoms. The van der Waals surface area contributed by atoms with Crippen molar-refractivity contribution in [2.45, 2.75) is 33.4 Å². The van der Waals surface area contributed by atoms with Crippen LogP contribution in [0, 0.1) is 16.0 Å². The van der Waals surface area contributed by atoms with Crippen LogP contribution in [-0.2, 0) is 11.3 Å². The van der Waals surface area contributed by atoms with E-state index in [4.69, 9.17) is 0 Å². The molecule has 0 aliphatic rings. The van der Waals surface area contributed by atoms with Crippen LogP contribution in [0.15, 0.2) is 24.3 Å². The molecule has 1 aromatic carbocycles. The molecule has 0 saturated heterocycles. The van der Waals surface area contributed by atoms with Gasteiger partial charge in [-0.2, -0.15) is 0 Å². The summed E-state index contributed by atoms with van der Waals surface area (Å²) in [5.41, 5.74) is 0.839. The van der Waals surface area contributed by atoms with E-state index in [1.165, 1.54) is 12.1 Å². The summed E-state index contributed by atoms with van der Waals surface area (Å²) in [6.07, 6.45) is 0. The van der Waals surface area contributed by atoms with Gasteiger partial charge in [0, 0.05) is 24.7 Å². The van der Waals surface area contributed by atoms with E-state index in [1.807, 2.05) is 20.8 Å². The minimum absolute atomic E-state index is 0.0576. The fourth-order valence-corrected chi connectivity index (χ4v) is 1.57. The Morgan fingerprint density at radius 1 is 1.35 bits per heavy atom. The number of benzene rings is 1. The van der Waals surface area contributed by atoms with Gasteiger partial charge in [-0.05, 0) is 18.4 Å². The fraction of sp³-hybridized carbons (Fsp3) is 0.500. The lowest BCUT2D eigenvalue weighted by molar-refractivity contribution is -0.384. The molecule has 1 rings (SSSR count). The third-order valence-corrected chi connectivity index (χ3v) is 3.12. The van der Waals surface area contributed by atoms with Gasteiger partial charge in [-0.15, -0.1) is 0 Å². The van der Waals surface area contributed by atoms with Gasteiger partial charge >= 0.3 is 0 Å². The molecular formula is C14H21N3O3. The van der Waals surface area contributed by atoms with Crippen LogP contribution in [0.3, 0.4) is 0 Å². The van der Waals surface area contributed by atoms with Gasteiger partial charge in [0.25, 0.3) is 5.69 Å². The standard InChI is InChI=1S/C14H21N3O3/c1-10(2)11(3)16-14(18)9-15-8-12-5-4-6-13(7-12)17(19)20/h4-7,10-11,15H,8-9H2,1-3H3,(H,16,18). The monoisotopic (exact) mass is 279 g/mol. The van der Waals surface area contributed by atoms with Gasteiger partial charge in [0.15, 0.2) is 0 Å². The molecule has 0 aromatic heterocycles. The molecular weight excluding hydrogens is 258 g/mol. The molecule has 0 fully saturated rings. The van der Waals surface area contributed by atoms with Crippen LogP contribution < -0.4 is 10.6 Å². The van der Waals surface area contributed by atoms with Crippen LogP contribution in [0.4, 0.5) is 5.69 Å². The highest BCUT2D eigenvalue weighted by Gasteiger charge is 2.10. The lowest BCUT2D eigenvalue weighted by atomic mass is 10.1. The van der Waals surface area contributed by atoms with Crippen LogP contribution in [0.25, 0.3) is 0 Å². The highest BCUT2D eigenvalue weighted by atomic mass is 16.6. The van der Waals surface area contributed by atoms with Crippen molar-refractivity contribution in [2.24, 2.45) is 5.92 Å². The molecule has 1 amide bonds. The van der Waals surface area contributed by atoms with Crippen LogP contribution in [0.1, 0.15) is 26.3 Å². The molecule has 1 unspecified atom stereocenters. The predicted octanol–water partition coefficient (Wildman–Crippen LogP) is 1.85. The van der Waals surface area contributed by atoms with Gasteiger partial charge in [-0.1, -0.05) is 26.0 Å². The molecule has 20 heavy (non-hydrogen) atoms. The second kappa shape index (κ2) is 7.59. The quantitative estimate of drug-likeness (QED) is 0.589. The Balaban J connectivity index is 2.39. The van der Waals surface area contributed by atoms with Gasteiger partial charge in [0.1, 0.15) is 0 Å². The maximum Gasteiger partial charge on any atom is 0.269 e. The molecule has 0 radical (unpaired) electrons. The van der Waals surface area contributed by atoms with Gasteiger partial charge in [-0.25, -0.2) is 0 Å². The molecule has 6 heteroatoms. The summed E-state index contributed by atoms with van der Waals surface area (Å²) in [5, 5.41) is 16.5. The van der Waals surface area contributed by atoms with E-state index in [9.17, 15) is 14.9 Å². The van der Waals surface area contributed by atoms with Crippen LogP contribution >= 0.6 is 0 Å². The van der Waals surface area contributed by atoms with E-state index in [2.05, 4.69) is 10.6 Å². The van der Waals surface area contributed by atoms with Crippen LogP contribution in [0.2, 0.25) is 0 Å². The number of nitro benzene ring substituents is 1. The summed E-state index contributed by atoms with van der Waals surface area (Å²) < 4.78 is 0. The maximum atomic E-state index is 11.6. The summed E-state index contributed by atoms with van der Waals surface area (Å²) >= 11 is 0. The summed E-state index contributed by atoms with van der Waals surface area (Å²) in [5.74, 6) is 0.312. The number of hydrogen-bond acceptors (Lipinski definition) is 4. The average molecular weight is 279 g/mol. The summed E-state index contributed by atoms with van der Waals surface area (Å²) in [6.45, 7) is 6.66. The topological polar surface area (TPSA) is 84.3 Å². The van der Waals surface area contributed by atoms with E-state index in [-0.39, 0.29) is 24.2 Å². The van der Waals surface area contributed by atoms with Gasteiger partial charge < -0.3 is 10.6 Å². The van der Waals surface area contributed by atoms with Crippen molar-refractivity contribution in [3.05, 3.63) is 39.9 Å². The Hall–Kier alpha value is -1.95. The number of nitrogens with zero attached hydrogens (tertiary/aromatic N) is 1. The maximum absolute atomic E-state index is 11.6. The molecule has 0 aliphatic carbocycles. The molecule has 0 saturated carbocycles. The van der Waals surface area contributed by atoms with Gasteiger partial charge in [-0.3, -0.25) is 14.9 Å². The first-order chi connectivity index (χ1) is 9.40. The van der Waals surface area contributed by atoms with Gasteiger partial charge in [0.2, 0.25) is 5.91 Å². The van der Waals surface area contributed by atoms with E-state index in [1.54, 1.807) is 12.1 Å². The van der Waals surface area contributed by atoms with Crippen molar-refractivity contribution in [2.75, 3.05) is 6.54 Å². The number of hydrogen-bond donors (Lipinski definition) is 2. The number of non-ortho nitro benzene ring substituents is 1. The number of carbonyl (C=O) groups is 1. The highest BCUT2D eigenvalue weighted by Crippen LogP contribution is 2.12. The van der Waals surface area contributed by atoms with Crippen molar-refractivity contribution in [1.29, 1.82) is 0 Å². The Kier molecular flexibility index (Phi) is 6.11. The lowest BCUT2D eigenvalue weighted by Gasteiger charge is -2.17. The zero-order valence-corrected chi connectivity index (χ0v) is 12.1. The summed E-state index contributed by atoms with van der Waals surface area (Å²) in [4.78, 5) is 21.9. The predicted molar refractivity (Wildman–Crippen MR) is 77.2 cm³/mol. The Morgan fingerprint density at radius 3 is 2.65 bits per heavy atom. The van der Waals surface area contributed by atoms with Crippen LogP contribution in [-0.4, -0.2) is 23.4 Å². The normalized spacial score (nSPS) is 12.2. The molecule has 110 valence electrons. The highest BCUT2D eigenvalue weighted by molar-refractivity contribution is 5.78. The zero-order valence-electron chi connectivity index (χ0n) is 12.1. The summed E-state index contributed by atoms with van der Waals surface area (Å²) in [7, 11) is 0. The molecule has 0 heterocycles. The first-order valence-corrected chi connectivity index (χ1v) is 6.63. The Labute approximate surface area is 118 Å². The number of nitro groups is 1. The smallest absolute Gasteiger partial charge is 0.269 e.